The van der Waals surface area contributed by atoms with Gasteiger partial charge in [0.05, 0.1) is 5.39 Å². The van der Waals surface area contributed by atoms with Crippen molar-refractivity contribution in [2.45, 2.75) is 6.54 Å². The number of amides is 1. The number of nitrogens with one attached hydrogen (secondary N) is 3. The summed E-state index contributed by atoms with van der Waals surface area (Å²) in [6.45, 7) is 0.571. The summed E-state index contributed by atoms with van der Waals surface area (Å²) in [5.41, 5.74) is 2.35. The van der Waals surface area contributed by atoms with Crippen molar-refractivity contribution >= 4 is 34.4 Å². The van der Waals surface area contributed by atoms with Crippen LogP contribution < -0.4 is 10.6 Å². The summed E-state index contributed by atoms with van der Waals surface area (Å²) < 4.78 is 0. The molecule has 3 aromatic rings. The minimum atomic E-state index is -0.101. The molecule has 0 saturated heterocycles. The number of anilines is 1. The molecule has 0 saturated carbocycles. The van der Waals surface area contributed by atoms with Gasteiger partial charge in [-0.05, 0) is 35.4 Å². The van der Waals surface area contributed by atoms with E-state index in [4.69, 9.17) is 11.6 Å². The van der Waals surface area contributed by atoms with Crippen LogP contribution >= 0.6 is 11.6 Å². The van der Waals surface area contributed by atoms with Crippen LogP contribution in [0.25, 0.3) is 11.0 Å². The lowest BCUT2D eigenvalue weighted by Gasteiger charge is -2.08. The highest BCUT2D eigenvalue weighted by Crippen LogP contribution is 2.21. The summed E-state index contributed by atoms with van der Waals surface area (Å²) >= 11 is 5.91. The molecule has 1 amide bonds. The Morgan fingerprint density at radius 3 is 2.73 bits per heavy atom. The van der Waals surface area contributed by atoms with Gasteiger partial charge in [0, 0.05) is 25.4 Å². The van der Waals surface area contributed by atoms with Crippen molar-refractivity contribution in [3.8, 4) is 0 Å². The Hall–Kier alpha value is -2.60. The van der Waals surface area contributed by atoms with E-state index >= 15 is 0 Å². The Morgan fingerprint density at radius 1 is 1.23 bits per heavy atom. The number of fused-ring (bicyclic) bond motifs is 1. The molecule has 1 aromatic carbocycles. The largest absolute Gasteiger partial charge is 0.365 e. The third-order valence-electron chi connectivity index (χ3n) is 3.29. The van der Waals surface area contributed by atoms with Gasteiger partial charge in [-0.15, -0.1) is 0 Å². The molecule has 0 fully saturated rings. The lowest BCUT2D eigenvalue weighted by molar-refractivity contribution is 0.0963. The van der Waals surface area contributed by atoms with E-state index in [0.717, 1.165) is 10.9 Å². The number of aromatic amines is 1. The summed E-state index contributed by atoms with van der Waals surface area (Å²) in [5, 5.41) is 6.90. The van der Waals surface area contributed by atoms with Gasteiger partial charge >= 0.3 is 0 Å². The quantitative estimate of drug-likeness (QED) is 0.646. The highest BCUT2D eigenvalue weighted by atomic mass is 35.5. The van der Waals surface area contributed by atoms with Gasteiger partial charge in [-0.1, -0.05) is 12.1 Å². The Bertz CT molecular complexity index is 812. The zero-order valence-corrected chi connectivity index (χ0v) is 12.6. The van der Waals surface area contributed by atoms with Crippen molar-refractivity contribution in [3.05, 3.63) is 52.9 Å². The highest BCUT2D eigenvalue weighted by Gasteiger charge is 2.07. The van der Waals surface area contributed by atoms with E-state index in [2.05, 4.69) is 25.6 Å². The molecule has 0 bridgehead atoms. The first-order valence-corrected chi connectivity index (χ1v) is 7.10. The number of hydrogen-bond donors (Lipinski definition) is 3. The van der Waals surface area contributed by atoms with Crippen molar-refractivity contribution in [2.75, 3.05) is 12.4 Å². The lowest BCUT2D eigenvalue weighted by Crippen LogP contribution is -2.17. The van der Waals surface area contributed by atoms with E-state index < -0.39 is 0 Å². The molecule has 7 heteroatoms. The number of nitrogens with zero attached hydrogens (tertiary/aromatic N) is 2. The number of aromatic nitrogens is 3. The first-order chi connectivity index (χ1) is 10.7. The van der Waals surface area contributed by atoms with Crippen LogP contribution in [0.4, 0.5) is 5.82 Å². The molecule has 0 atom stereocenters. The van der Waals surface area contributed by atoms with Crippen LogP contribution in [-0.2, 0) is 6.54 Å². The second kappa shape index (κ2) is 6.03. The second-order valence-electron chi connectivity index (χ2n) is 4.71. The van der Waals surface area contributed by atoms with Crippen LogP contribution in [-0.4, -0.2) is 27.9 Å². The summed E-state index contributed by atoms with van der Waals surface area (Å²) in [7, 11) is 1.61. The van der Waals surface area contributed by atoms with E-state index in [1.165, 1.54) is 0 Å². The van der Waals surface area contributed by atoms with Crippen molar-refractivity contribution in [3.63, 3.8) is 0 Å². The van der Waals surface area contributed by atoms with E-state index in [-0.39, 0.29) is 11.2 Å². The fourth-order valence-electron chi connectivity index (χ4n) is 2.15. The van der Waals surface area contributed by atoms with Crippen LogP contribution in [0.15, 0.2) is 36.5 Å². The average molecular weight is 316 g/mol. The maximum atomic E-state index is 11.5. The minimum absolute atomic E-state index is 0.101. The van der Waals surface area contributed by atoms with Crippen molar-refractivity contribution in [1.29, 1.82) is 0 Å². The van der Waals surface area contributed by atoms with E-state index in [1.807, 2.05) is 18.2 Å². The molecule has 2 heterocycles. The molecule has 112 valence electrons. The number of carbonyl (C=O) groups excluding carboxylic acids is 1. The number of carbonyl (C=O) groups is 1. The topological polar surface area (TPSA) is 82.7 Å². The van der Waals surface area contributed by atoms with Gasteiger partial charge < -0.3 is 15.6 Å². The number of H-pyrrole nitrogens is 1. The normalized spacial score (nSPS) is 10.6. The van der Waals surface area contributed by atoms with Crippen molar-refractivity contribution in [1.82, 2.24) is 20.3 Å². The summed E-state index contributed by atoms with van der Waals surface area (Å²) in [5.74, 6) is 0.572. The van der Waals surface area contributed by atoms with Gasteiger partial charge in [-0.25, -0.2) is 4.98 Å². The van der Waals surface area contributed by atoms with E-state index in [0.29, 0.717) is 23.6 Å². The van der Waals surface area contributed by atoms with Crippen LogP contribution in [0.3, 0.4) is 0 Å². The second-order valence-corrected chi connectivity index (χ2v) is 5.05. The first-order valence-electron chi connectivity index (χ1n) is 6.73. The molecule has 0 spiro atoms. The smallest absolute Gasteiger partial charge is 0.251 e. The predicted molar refractivity (Wildman–Crippen MR) is 86.1 cm³/mol. The standard InChI is InChI=1S/C15H14ClN5O/c1-17-14(22)10-4-2-9(3-5-10)8-19-13-11-6-7-18-12(11)20-15(16)21-13/h2-7H,8H2,1H3,(H,17,22)(H2,18,19,20,21). The molecular weight excluding hydrogens is 302 g/mol. The molecule has 0 unspecified atom stereocenters. The van der Waals surface area contributed by atoms with Gasteiger partial charge in [0.25, 0.3) is 5.91 Å². The molecule has 0 aliphatic carbocycles. The first kappa shape index (κ1) is 14.3. The van der Waals surface area contributed by atoms with Gasteiger partial charge in [-0.2, -0.15) is 4.98 Å². The van der Waals surface area contributed by atoms with Gasteiger partial charge in [0.1, 0.15) is 11.5 Å². The monoisotopic (exact) mass is 315 g/mol. The third kappa shape index (κ3) is 2.87. The molecule has 2 aromatic heterocycles. The number of halogens is 1. The maximum Gasteiger partial charge on any atom is 0.251 e. The highest BCUT2D eigenvalue weighted by molar-refractivity contribution is 6.28. The Labute approximate surface area is 131 Å². The molecule has 0 aliphatic heterocycles. The van der Waals surface area contributed by atoms with Crippen molar-refractivity contribution < 1.29 is 4.79 Å². The van der Waals surface area contributed by atoms with Gasteiger partial charge in [-0.3, -0.25) is 4.79 Å². The fraction of sp³-hybridized carbons (Fsp3) is 0.133. The zero-order valence-electron chi connectivity index (χ0n) is 11.9. The van der Waals surface area contributed by atoms with Crippen LogP contribution in [0.1, 0.15) is 15.9 Å². The lowest BCUT2D eigenvalue weighted by atomic mass is 10.1. The molecule has 0 aliphatic rings. The summed E-state index contributed by atoms with van der Waals surface area (Å²) in [6, 6.07) is 9.26. The van der Waals surface area contributed by atoms with Gasteiger partial charge in [0.2, 0.25) is 5.28 Å². The van der Waals surface area contributed by atoms with Crippen LogP contribution in [0.5, 0.6) is 0 Å². The Morgan fingerprint density at radius 2 is 2.00 bits per heavy atom. The maximum absolute atomic E-state index is 11.5. The zero-order chi connectivity index (χ0) is 15.5. The SMILES string of the molecule is CNC(=O)c1ccc(CNc2nc(Cl)nc3[nH]ccc23)cc1. The number of benzene rings is 1. The predicted octanol–water partition coefficient (Wildman–Crippen LogP) is 2.58. The van der Waals surface area contributed by atoms with Crippen molar-refractivity contribution in [2.24, 2.45) is 0 Å². The number of rotatable bonds is 4. The third-order valence-corrected chi connectivity index (χ3v) is 3.46. The molecular formula is C15H14ClN5O. The van der Waals surface area contributed by atoms with E-state index in [9.17, 15) is 4.79 Å². The number of hydrogen-bond acceptors (Lipinski definition) is 4. The van der Waals surface area contributed by atoms with Crippen LogP contribution in [0, 0.1) is 0 Å². The van der Waals surface area contributed by atoms with E-state index in [1.54, 1.807) is 25.4 Å². The minimum Gasteiger partial charge on any atom is -0.365 e. The van der Waals surface area contributed by atoms with Gasteiger partial charge in [0.15, 0.2) is 0 Å². The summed E-state index contributed by atoms with van der Waals surface area (Å²) in [6.07, 6.45) is 1.79. The van der Waals surface area contributed by atoms with Crippen LogP contribution in [0.2, 0.25) is 5.28 Å². The average Bonchev–Trinajstić information content (AvgIpc) is 3.00. The fourth-order valence-corrected chi connectivity index (χ4v) is 2.32. The molecule has 22 heavy (non-hydrogen) atoms. The molecule has 3 N–H and O–H groups in total. The Balaban J connectivity index is 1.76. The molecule has 3 rings (SSSR count). The molecule has 6 nitrogen and oxygen atoms in total. The summed E-state index contributed by atoms with van der Waals surface area (Å²) in [4.78, 5) is 22.8. The molecule has 0 radical (unpaired) electrons. The Kier molecular flexibility index (Phi) is 3.93.